The fourth-order valence-electron chi connectivity index (χ4n) is 1.36. The minimum Gasteiger partial charge on any atom is -0.377 e. The zero-order valence-corrected chi connectivity index (χ0v) is 8.04. The van der Waals surface area contributed by atoms with Gasteiger partial charge < -0.3 is 9.64 Å². The Morgan fingerprint density at radius 3 is 2.75 bits per heavy atom. The molecule has 1 saturated heterocycles. The summed E-state index contributed by atoms with van der Waals surface area (Å²) in [5.74, 6) is 0.243. The van der Waals surface area contributed by atoms with E-state index in [-0.39, 0.29) is 12.0 Å². The third-order valence-corrected chi connectivity index (χ3v) is 2.25. The largest absolute Gasteiger partial charge is 0.377 e. The number of amides is 1. The first-order valence-corrected chi connectivity index (χ1v) is 4.48. The summed E-state index contributed by atoms with van der Waals surface area (Å²) in [5, 5.41) is 0. The Labute approximate surface area is 73.7 Å². The summed E-state index contributed by atoms with van der Waals surface area (Å²) in [5.41, 5.74) is 0. The zero-order chi connectivity index (χ0) is 9.14. The van der Waals surface area contributed by atoms with Crippen molar-refractivity contribution in [2.24, 2.45) is 0 Å². The van der Waals surface area contributed by atoms with Crippen LogP contribution in [-0.4, -0.2) is 36.6 Å². The van der Waals surface area contributed by atoms with Gasteiger partial charge in [-0.1, -0.05) is 0 Å². The molecule has 0 saturated carbocycles. The fraction of sp³-hybridized carbons (Fsp3) is 0.889. The molecule has 1 atom stereocenters. The van der Waals surface area contributed by atoms with Gasteiger partial charge in [0.2, 0.25) is 5.91 Å². The van der Waals surface area contributed by atoms with E-state index in [1.807, 2.05) is 20.9 Å². The van der Waals surface area contributed by atoms with E-state index in [1.54, 1.807) is 4.90 Å². The molecule has 0 aliphatic carbocycles. The van der Waals surface area contributed by atoms with E-state index in [4.69, 9.17) is 4.74 Å². The maximum atomic E-state index is 11.1. The second-order valence-corrected chi connectivity index (χ2v) is 3.58. The number of hydrogen-bond acceptors (Lipinski definition) is 2. The lowest BCUT2D eigenvalue weighted by Crippen LogP contribution is -2.33. The molecule has 1 fully saturated rings. The van der Waals surface area contributed by atoms with Gasteiger partial charge in [-0.3, -0.25) is 4.79 Å². The number of carbonyl (C=O) groups is 1. The predicted octanol–water partition coefficient (Wildman–Crippen LogP) is 1.03. The standard InChI is InChI=1S/C9H17NO2/c1-7(2)12-6-8-4-5-9(11)10(8)3/h7-8H,4-6H2,1-3H3. The highest BCUT2D eigenvalue weighted by atomic mass is 16.5. The van der Waals surface area contributed by atoms with Crippen molar-refractivity contribution in [2.75, 3.05) is 13.7 Å². The monoisotopic (exact) mass is 171 g/mol. The summed E-state index contributed by atoms with van der Waals surface area (Å²) in [7, 11) is 1.85. The van der Waals surface area contributed by atoms with Crippen LogP contribution in [0.15, 0.2) is 0 Å². The van der Waals surface area contributed by atoms with Crippen LogP contribution in [0, 0.1) is 0 Å². The van der Waals surface area contributed by atoms with Gasteiger partial charge >= 0.3 is 0 Å². The van der Waals surface area contributed by atoms with Crippen molar-refractivity contribution in [3.05, 3.63) is 0 Å². The van der Waals surface area contributed by atoms with Crippen molar-refractivity contribution in [3.8, 4) is 0 Å². The van der Waals surface area contributed by atoms with Crippen LogP contribution in [-0.2, 0) is 9.53 Å². The molecule has 1 unspecified atom stereocenters. The van der Waals surface area contributed by atoms with Gasteiger partial charge in [0, 0.05) is 13.5 Å². The highest BCUT2D eigenvalue weighted by Gasteiger charge is 2.27. The number of ether oxygens (including phenoxy) is 1. The van der Waals surface area contributed by atoms with E-state index in [2.05, 4.69) is 0 Å². The van der Waals surface area contributed by atoms with Gasteiger partial charge in [-0.2, -0.15) is 0 Å². The summed E-state index contributed by atoms with van der Waals surface area (Å²) >= 11 is 0. The summed E-state index contributed by atoms with van der Waals surface area (Å²) in [6, 6.07) is 0.305. The van der Waals surface area contributed by atoms with E-state index in [1.165, 1.54) is 0 Å². The van der Waals surface area contributed by atoms with E-state index < -0.39 is 0 Å². The quantitative estimate of drug-likeness (QED) is 0.634. The van der Waals surface area contributed by atoms with Gasteiger partial charge in [0.05, 0.1) is 18.8 Å². The third-order valence-electron chi connectivity index (χ3n) is 2.25. The van der Waals surface area contributed by atoms with E-state index in [9.17, 15) is 4.79 Å². The topological polar surface area (TPSA) is 29.5 Å². The summed E-state index contributed by atoms with van der Waals surface area (Å²) in [4.78, 5) is 12.9. The van der Waals surface area contributed by atoms with Crippen LogP contribution in [0.4, 0.5) is 0 Å². The number of likely N-dealkylation sites (N-methyl/N-ethyl adjacent to an activating group) is 1. The van der Waals surface area contributed by atoms with Gasteiger partial charge in [0.1, 0.15) is 0 Å². The SMILES string of the molecule is CC(C)OCC1CCC(=O)N1C. The van der Waals surface area contributed by atoms with E-state index in [0.717, 1.165) is 6.42 Å². The predicted molar refractivity (Wildman–Crippen MR) is 46.9 cm³/mol. The van der Waals surface area contributed by atoms with Crippen LogP contribution >= 0.6 is 0 Å². The molecule has 1 aliphatic rings. The molecule has 0 aromatic rings. The molecule has 0 aromatic carbocycles. The van der Waals surface area contributed by atoms with Crippen LogP contribution in [0.1, 0.15) is 26.7 Å². The molecule has 1 heterocycles. The van der Waals surface area contributed by atoms with Gasteiger partial charge in [-0.25, -0.2) is 0 Å². The first-order valence-electron chi connectivity index (χ1n) is 4.48. The van der Waals surface area contributed by atoms with Crippen LogP contribution < -0.4 is 0 Å². The van der Waals surface area contributed by atoms with Gasteiger partial charge in [-0.15, -0.1) is 0 Å². The van der Waals surface area contributed by atoms with Crippen molar-refractivity contribution in [1.82, 2.24) is 4.90 Å². The smallest absolute Gasteiger partial charge is 0.222 e. The zero-order valence-electron chi connectivity index (χ0n) is 8.04. The number of hydrogen-bond donors (Lipinski definition) is 0. The Morgan fingerprint density at radius 2 is 2.33 bits per heavy atom. The molecule has 0 radical (unpaired) electrons. The van der Waals surface area contributed by atoms with Crippen molar-refractivity contribution in [2.45, 2.75) is 38.8 Å². The average molecular weight is 171 g/mol. The maximum Gasteiger partial charge on any atom is 0.222 e. The fourth-order valence-corrected chi connectivity index (χ4v) is 1.36. The van der Waals surface area contributed by atoms with Gasteiger partial charge in [0.15, 0.2) is 0 Å². The lowest BCUT2D eigenvalue weighted by molar-refractivity contribution is -0.128. The molecule has 0 bridgehead atoms. The highest BCUT2D eigenvalue weighted by molar-refractivity contribution is 5.78. The summed E-state index contributed by atoms with van der Waals surface area (Å²) in [6.07, 6.45) is 1.89. The molecule has 1 aliphatic heterocycles. The molecule has 3 heteroatoms. The van der Waals surface area contributed by atoms with Crippen molar-refractivity contribution >= 4 is 5.91 Å². The molecular formula is C9H17NO2. The molecule has 3 nitrogen and oxygen atoms in total. The first-order chi connectivity index (χ1) is 5.61. The van der Waals surface area contributed by atoms with E-state index in [0.29, 0.717) is 19.1 Å². The number of carbonyl (C=O) groups excluding carboxylic acids is 1. The Kier molecular flexibility index (Phi) is 3.09. The summed E-state index contributed by atoms with van der Waals surface area (Å²) in [6.45, 7) is 4.70. The van der Waals surface area contributed by atoms with E-state index >= 15 is 0 Å². The van der Waals surface area contributed by atoms with Crippen LogP contribution in [0.5, 0.6) is 0 Å². The minimum atomic E-state index is 0.243. The second kappa shape index (κ2) is 3.90. The van der Waals surface area contributed by atoms with Crippen LogP contribution in [0.25, 0.3) is 0 Å². The lowest BCUT2D eigenvalue weighted by atomic mass is 10.2. The second-order valence-electron chi connectivity index (χ2n) is 3.58. The van der Waals surface area contributed by atoms with Gasteiger partial charge in [0.25, 0.3) is 0 Å². The average Bonchev–Trinajstić information content (AvgIpc) is 2.30. The third kappa shape index (κ3) is 2.21. The lowest BCUT2D eigenvalue weighted by Gasteiger charge is -2.20. The Hall–Kier alpha value is -0.570. The minimum absolute atomic E-state index is 0.243. The molecular weight excluding hydrogens is 154 g/mol. The molecule has 0 aromatic heterocycles. The van der Waals surface area contributed by atoms with Crippen LogP contribution in [0.2, 0.25) is 0 Å². The number of likely N-dealkylation sites (tertiary alicyclic amines) is 1. The molecule has 0 N–H and O–H groups in total. The molecule has 12 heavy (non-hydrogen) atoms. The normalized spacial score (nSPS) is 24.2. The number of nitrogens with zero attached hydrogens (tertiary/aromatic N) is 1. The first kappa shape index (κ1) is 9.52. The molecule has 1 amide bonds. The number of rotatable bonds is 3. The highest BCUT2D eigenvalue weighted by Crippen LogP contribution is 2.16. The molecule has 70 valence electrons. The molecule has 1 rings (SSSR count). The van der Waals surface area contributed by atoms with Gasteiger partial charge in [-0.05, 0) is 20.3 Å². The maximum absolute atomic E-state index is 11.1. The van der Waals surface area contributed by atoms with Crippen LogP contribution in [0.3, 0.4) is 0 Å². The van der Waals surface area contributed by atoms with Crippen molar-refractivity contribution in [3.63, 3.8) is 0 Å². The van der Waals surface area contributed by atoms with Crippen molar-refractivity contribution in [1.29, 1.82) is 0 Å². The Bertz CT molecular complexity index is 168. The Balaban J connectivity index is 2.29. The van der Waals surface area contributed by atoms with Crippen molar-refractivity contribution < 1.29 is 9.53 Å². The molecule has 0 spiro atoms. The summed E-state index contributed by atoms with van der Waals surface area (Å²) < 4.78 is 5.45. The Morgan fingerprint density at radius 1 is 1.67 bits per heavy atom.